The number of ether oxygens (including phenoxy) is 1. The first kappa shape index (κ1) is 25.9. The van der Waals surface area contributed by atoms with Crippen LogP contribution in [0.5, 0.6) is 0 Å². The van der Waals surface area contributed by atoms with Crippen LogP contribution >= 0.6 is 0 Å². The predicted octanol–water partition coefficient (Wildman–Crippen LogP) is 2.79. The van der Waals surface area contributed by atoms with E-state index in [4.69, 9.17) is 4.74 Å². The molecule has 0 aliphatic carbocycles. The molecule has 5 nitrogen and oxygen atoms in total. The number of likely N-dealkylation sites (N-methyl/N-ethyl adjacent to an activating group) is 2. The Hall–Kier alpha value is 0.00390. The van der Waals surface area contributed by atoms with Gasteiger partial charge in [-0.2, -0.15) is 7.05 Å². The van der Waals surface area contributed by atoms with E-state index in [0.29, 0.717) is 6.42 Å². The molecule has 0 aromatic carbocycles. The molecule has 0 aromatic rings. The van der Waals surface area contributed by atoms with E-state index in [0.717, 1.165) is 0 Å². The van der Waals surface area contributed by atoms with Gasteiger partial charge < -0.3 is 22.4 Å². The average Bonchev–Trinajstić information content (AvgIpc) is 2.26. The number of hydrogen-bond acceptors (Lipinski definition) is 3. The minimum Gasteiger partial charge on any atom is -0.652 e. The van der Waals surface area contributed by atoms with E-state index in [1.54, 1.807) is 27.9 Å². The molecule has 1 unspecified atom stereocenters. The molecule has 0 fully saturated rings. The van der Waals surface area contributed by atoms with Crippen LogP contribution < -0.4 is 0 Å². The zero-order valence-electron chi connectivity index (χ0n) is 15.0. The number of amides is 1. The molecule has 0 saturated heterocycles. The third kappa shape index (κ3) is 8.27. The zero-order valence-corrected chi connectivity index (χ0v) is 17.8. The van der Waals surface area contributed by atoms with Gasteiger partial charge in [-0.3, -0.25) is 4.79 Å². The fourth-order valence-electron chi connectivity index (χ4n) is 1.64. The summed E-state index contributed by atoms with van der Waals surface area (Å²) in [4.78, 5) is 25.8. The Morgan fingerprint density at radius 2 is 1.62 bits per heavy atom. The second-order valence-electron chi connectivity index (χ2n) is 6.16. The third-order valence-electron chi connectivity index (χ3n) is 2.94. The van der Waals surface area contributed by atoms with Gasteiger partial charge in [0.05, 0.1) is 0 Å². The standard InChI is InChI=1S/C14H27N2O3.CH3.Y/c1-9-10(11(17)19-13(2,3)4)16(8)12(18)14(5,6)15-7;;/h10H,9H2,1-8H3;1H3;/q2*-1;. The van der Waals surface area contributed by atoms with Crippen molar-refractivity contribution < 1.29 is 47.0 Å². The third-order valence-corrected chi connectivity index (χ3v) is 2.94. The van der Waals surface area contributed by atoms with E-state index in [9.17, 15) is 9.59 Å². The maximum Gasteiger partial charge on any atom is 0.329 e. The van der Waals surface area contributed by atoms with Crippen LogP contribution in [0.2, 0.25) is 0 Å². The van der Waals surface area contributed by atoms with Crippen LogP contribution in [0, 0.1) is 7.43 Å². The second-order valence-corrected chi connectivity index (χ2v) is 6.16. The number of carbonyl (C=O) groups excluding carboxylic acids is 2. The Bertz CT molecular complexity index is 338. The first-order chi connectivity index (χ1) is 8.46. The fraction of sp³-hybridized carbons (Fsp3) is 0.800. The molecule has 0 rings (SSSR count). The van der Waals surface area contributed by atoms with Crippen molar-refractivity contribution in [3.63, 3.8) is 0 Å². The molecule has 1 atom stereocenters. The van der Waals surface area contributed by atoms with E-state index in [2.05, 4.69) is 5.32 Å². The van der Waals surface area contributed by atoms with E-state index in [1.165, 1.54) is 4.90 Å². The Labute approximate surface area is 155 Å². The quantitative estimate of drug-likeness (QED) is 0.548. The van der Waals surface area contributed by atoms with Crippen LogP contribution in [0.4, 0.5) is 0 Å². The molecule has 1 radical (unpaired) electrons. The van der Waals surface area contributed by atoms with Crippen LogP contribution in [0.15, 0.2) is 0 Å². The van der Waals surface area contributed by atoms with E-state index >= 15 is 0 Å². The molecule has 0 aliphatic rings. The van der Waals surface area contributed by atoms with Crippen LogP contribution in [-0.2, 0) is 47.0 Å². The maximum absolute atomic E-state index is 12.3. The maximum atomic E-state index is 12.3. The van der Waals surface area contributed by atoms with Gasteiger partial charge in [-0.15, -0.1) is 0 Å². The summed E-state index contributed by atoms with van der Waals surface area (Å²) in [5.74, 6) is -0.564. The topological polar surface area (TPSA) is 60.7 Å². The Morgan fingerprint density at radius 1 is 1.19 bits per heavy atom. The molecule has 0 aliphatic heterocycles. The molecular weight excluding hydrogens is 345 g/mol. The summed E-state index contributed by atoms with van der Waals surface area (Å²) >= 11 is 0. The number of esters is 1. The summed E-state index contributed by atoms with van der Waals surface area (Å²) < 4.78 is 5.34. The molecule has 6 heteroatoms. The summed E-state index contributed by atoms with van der Waals surface area (Å²) in [5, 5.41) is 4.05. The molecule has 0 aromatic heterocycles. The van der Waals surface area contributed by atoms with Gasteiger partial charge in [0.1, 0.15) is 11.6 Å². The van der Waals surface area contributed by atoms with Crippen molar-refractivity contribution in [2.75, 3.05) is 14.1 Å². The molecule has 0 heterocycles. The van der Waals surface area contributed by atoms with E-state index < -0.39 is 17.2 Å². The molecular formula is C15H30N2O3Y-2. The first-order valence-electron chi connectivity index (χ1n) is 6.57. The molecule has 21 heavy (non-hydrogen) atoms. The predicted molar refractivity (Wildman–Crippen MR) is 82.5 cm³/mol. The van der Waals surface area contributed by atoms with Gasteiger partial charge in [-0.05, 0) is 32.7 Å². The van der Waals surface area contributed by atoms with Crippen LogP contribution in [0.1, 0.15) is 48.0 Å². The second kappa shape index (κ2) is 9.91. The van der Waals surface area contributed by atoms with Crippen molar-refractivity contribution in [1.82, 2.24) is 4.90 Å². The SMILES string of the molecule is CCC(C(=O)OC(C)(C)C)N(C)C(=O)C(C)(C)[N-]C.[CH3-].[Y]. The number of hydrogen-bond donors (Lipinski definition) is 0. The summed E-state index contributed by atoms with van der Waals surface area (Å²) in [6.45, 7) is 10.7. The molecule has 123 valence electrons. The van der Waals surface area contributed by atoms with Crippen molar-refractivity contribution in [2.24, 2.45) is 0 Å². The van der Waals surface area contributed by atoms with Crippen molar-refractivity contribution in [3.8, 4) is 0 Å². The van der Waals surface area contributed by atoms with Crippen molar-refractivity contribution in [1.29, 1.82) is 0 Å². The summed E-state index contributed by atoms with van der Waals surface area (Å²) in [5.41, 5.74) is -1.39. The van der Waals surface area contributed by atoms with Gasteiger partial charge in [0.2, 0.25) is 5.91 Å². The van der Waals surface area contributed by atoms with Gasteiger partial charge in [0.25, 0.3) is 0 Å². The fourth-order valence-corrected chi connectivity index (χ4v) is 1.64. The smallest absolute Gasteiger partial charge is 0.329 e. The Balaban J connectivity index is -0.00000162. The van der Waals surface area contributed by atoms with Crippen molar-refractivity contribution >= 4 is 11.9 Å². The normalized spacial score (nSPS) is 12.6. The van der Waals surface area contributed by atoms with Gasteiger partial charge in [0.15, 0.2) is 0 Å². The van der Waals surface area contributed by atoms with Crippen LogP contribution in [-0.4, -0.2) is 48.1 Å². The van der Waals surface area contributed by atoms with Gasteiger partial charge in [-0.1, -0.05) is 20.8 Å². The van der Waals surface area contributed by atoms with Crippen LogP contribution in [0.25, 0.3) is 5.32 Å². The summed E-state index contributed by atoms with van der Waals surface area (Å²) in [7, 11) is 3.22. The van der Waals surface area contributed by atoms with Gasteiger partial charge in [0, 0.05) is 39.8 Å². The van der Waals surface area contributed by atoms with E-state index in [1.807, 2.05) is 27.7 Å². The largest absolute Gasteiger partial charge is 0.652 e. The number of nitrogens with zero attached hydrogens (tertiary/aromatic N) is 2. The first-order valence-corrected chi connectivity index (χ1v) is 6.57. The molecule has 0 spiro atoms. The minimum atomic E-state index is -0.829. The van der Waals surface area contributed by atoms with Crippen molar-refractivity contribution in [2.45, 2.75) is 65.1 Å². The van der Waals surface area contributed by atoms with Gasteiger partial charge >= 0.3 is 5.97 Å². The minimum absolute atomic E-state index is 0. The number of carbonyl (C=O) groups is 2. The zero-order chi connectivity index (χ0) is 15.4. The summed E-state index contributed by atoms with van der Waals surface area (Å²) in [6, 6.07) is -0.576. The molecule has 0 N–H and O–H groups in total. The molecule has 0 bridgehead atoms. The Kier molecular flexibility index (Phi) is 12.2. The van der Waals surface area contributed by atoms with Crippen LogP contribution in [0.3, 0.4) is 0 Å². The Morgan fingerprint density at radius 3 is 1.90 bits per heavy atom. The molecule has 0 saturated carbocycles. The van der Waals surface area contributed by atoms with E-state index in [-0.39, 0.29) is 52.0 Å². The molecule has 1 amide bonds. The number of rotatable bonds is 5. The monoisotopic (exact) mass is 375 g/mol. The van der Waals surface area contributed by atoms with Gasteiger partial charge in [-0.25, -0.2) is 4.79 Å². The summed E-state index contributed by atoms with van der Waals surface area (Å²) in [6.07, 6.45) is 0.511. The average molecular weight is 375 g/mol. The van der Waals surface area contributed by atoms with Crippen molar-refractivity contribution in [3.05, 3.63) is 12.7 Å².